The summed E-state index contributed by atoms with van der Waals surface area (Å²) < 4.78 is 10.6. The van der Waals surface area contributed by atoms with Crippen LogP contribution in [0.25, 0.3) is 0 Å². The second-order valence-electron chi connectivity index (χ2n) is 13.7. The molecular weight excluding hydrogens is 814 g/mol. The summed E-state index contributed by atoms with van der Waals surface area (Å²) in [7, 11) is 3.30. The smallest absolute Gasteiger partial charge is 0.164 e. The molecule has 0 fully saturated rings. The number of amidine groups is 4. The van der Waals surface area contributed by atoms with Gasteiger partial charge in [0.25, 0.3) is 0 Å². The number of nitrogens with zero attached hydrogens (tertiary/aromatic N) is 4. The van der Waals surface area contributed by atoms with Gasteiger partial charge in [0, 0.05) is 67.5 Å². The lowest BCUT2D eigenvalue weighted by molar-refractivity contribution is 0.352. The number of ether oxygens (including phenoxy) is 2. The first kappa shape index (κ1) is 44.6. The Kier molecular flexibility index (Phi) is 17.8. The van der Waals surface area contributed by atoms with Crippen LogP contribution in [-0.2, 0) is 25.7 Å². The summed E-state index contributed by atoms with van der Waals surface area (Å²) >= 11 is 23.8. The van der Waals surface area contributed by atoms with Crippen molar-refractivity contribution < 1.29 is 9.47 Å². The van der Waals surface area contributed by atoms with E-state index in [1.807, 2.05) is 54.6 Å². The molecule has 0 aliphatic carbocycles. The van der Waals surface area contributed by atoms with E-state index in [-0.39, 0.29) is 0 Å². The van der Waals surface area contributed by atoms with Crippen LogP contribution in [0.15, 0.2) is 92.8 Å². The van der Waals surface area contributed by atoms with Crippen LogP contribution < -0.4 is 30.7 Å². The van der Waals surface area contributed by atoms with Crippen molar-refractivity contribution in [1.29, 1.82) is 0 Å². The largest absolute Gasteiger partial charge is 0.493 e. The molecule has 4 heterocycles. The molecule has 58 heavy (non-hydrogen) atoms. The molecule has 4 aromatic rings. The molecular formula is C44H52Cl4N8O2. The number of aliphatic imine (C=N–C) groups is 4. The Morgan fingerprint density at radius 2 is 0.983 bits per heavy atom. The molecule has 0 unspecified atom stereocenters. The van der Waals surface area contributed by atoms with Gasteiger partial charge in [0.1, 0.15) is 23.3 Å². The maximum Gasteiger partial charge on any atom is 0.164 e. The number of nitrogens with one attached hydrogen (secondary N) is 4. The van der Waals surface area contributed by atoms with Gasteiger partial charge in [0.2, 0.25) is 0 Å². The van der Waals surface area contributed by atoms with E-state index >= 15 is 0 Å². The van der Waals surface area contributed by atoms with Gasteiger partial charge in [0.15, 0.2) is 11.5 Å². The second-order valence-corrected chi connectivity index (χ2v) is 15.3. The van der Waals surface area contributed by atoms with Gasteiger partial charge in [-0.1, -0.05) is 88.9 Å². The maximum atomic E-state index is 6.04. The quantitative estimate of drug-likeness (QED) is 0.128. The van der Waals surface area contributed by atoms with E-state index in [0.717, 1.165) is 123 Å². The van der Waals surface area contributed by atoms with Gasteiger partial charge in [-0.25, -0.2) is 0 Å². The summed E-state index contributed by atoms with van der Waals surface area (Å²) in [5.41, 5.74) is 7.31. The summed E-state index contributed by atoms with van der Waals surface area (Å²) in [6.07, 6.45) is 3.22. The lowest BCUT2D eigenvalue weighted by atomic mass is 10.00. The highest BCUT2D eigenvalue weighted by Crippen LogP contribution is 2.31. The van der Waals surface area contributed by atoms with Crippen LogP contribution in [0.1, 0.15) is 33.4 Å². The highest BCUT2D eigenvalue weighted by atomic mass is 35.5. The summed E-state index contributed by atoms with van der Waals surface area (Å²) in [4.78, 5) is 17.4. The molecule has 4 aromatic carbocycles. The lowest BCUT2D eigenvalue weighted by Gasteiger charge is -2.12. The van der Waals surface area contributed by atoms with E-state index in [9.17, 15) is 0 Å². The van der Waals surface area contributed by atoms with Crippen LogP contribution >= 0.6 is 46.4 Å². The minimum Gasteiger partial charge on any atom is -0.493 e. The number of para-hydroxylation sites is 1. The topological polar surface area (TPSA) is 116 Å². The number of methoxy groups -OCH3 is 2. The second kappa shape index (κ2) is 23.2. The molecule has 10 nitrogen and oxygen atoms in total. The van der Waals surface area contributed by atoms with Gasteiger partial charge >= 0.3 is 0 Å². The zero-order valence-corrected chi connectivity index (χ0v) is 36.6. The first-order valence-electron chi connectivity index (χ1n) is 19.4. The third-order valence-corrected chi connectivity index (χ3v) is 11.0. The number of benzene rings is 4. The number of halogens is 4. The molecule has 4 aliphatic rings. The summed E-state index contributed by atoms with van der Waals surface area (Å²) in [6, 6.07) is 23.5. The third-order valence-electron chi connectivity index (χ3n) is 9.57. The average molecular weight is 867 g/mol. The number of rotatable bonds is 10. The van der Waals surface area contributed by atoms with E-state index in [0.29, 0.717) is 26.5 Å². The Morgan fingerprint density at radius 1 is 0.500 bits per heavy atom. The molecule has 0 amide bonds. The van der Waals surface area contributed by atoms with Crippen LogP contribution in [0.3, 0.4) is 0 Å². The van der Waals surface area contributed by atoms with Crippen molar-refractivity contribution in [3.8, 4) is 11.5 Å². The SMILES string of the molecule is COc1cccc(CC2=NCCN2)c1OC.Cc1cccc(C)c1CC1=NCCN1.Clc1ccc(CC2=NCCN2)cc1Cl.Clc1cccc(Cl)c1CC1=NCCN1. The molecule has 0 spiro atoms. The van der Waals surface area contributed by atoms with Crippen LogP contribution in [0, 0.1) is 13.8 Å². The molecule has 0 saturated heterocycles. The van der Waals surface area contributed by atoms with Crippen molar-refractivity contribution in [2.75, 3.05) is 66.6 Å². The van der Waals surface area contributed by atoms with Crippen molar-refractivity contribution in [1.82, 2.24) is 21.3 Å². The van der Waals surface area contributed by atoms with Crippen molar-refractivity contribution in [3.05, 3.63) is 126 Å². The van der Waals surface area contributed by atoms with E-state index < -0.39 is 0 Å². The zero-order valence-electron chi connectivity index (χ0n) is 33.5. The summed E-state index contributed by atoms with van der Waals surface area (Å²) in [5.74, 6) is 5.72. The van der Waals surface area contributed by atoms with Crippen molar-refractivity contribution in [3.63, 3.8) is 0 Å². The molecule has 14 heteroatoms. The van der Waals surface area contributed by atoms with E-state index in [4.69, 9.17) is 55.9 Å². The standard InChI is InChI=1S/C12H16N2O2.C12H16N2.2C10H10Cl2N2/c1-15-10-5-3-4-9(12(10)16-2)8-11-13-6-7-14-11;1-9-4-3-5-10(2)11(9)8-12-13-6-7-14-12;11-8-2-1-7(5-9(8)12)6-10-13-3-4-14-10;11-8-2-1-3-9(12)7(8)6-10-13-4-5-14-10/h3-5H,6-8H2,1-2H3,(H,13,14);3-5H,6-8H2,1-2H3,(H,13,14);1-2,5H,3-4,6H2,(H,13,14);1-3H,4-6H2,(H,13,14). The molecule has 0 bridgehead atoms. The van der Waals surface area contributed by atoms with Crippen LogP contribution in [0.4, 0.5) is 0 Å². The number of hydrogen-bond acceptors (Lipinski definition) is 10. The first-order chi connectivity index (χ1) is 28.1. The van der Waals surface area contributed by atoms with Crippen molar-refractivity contribution >= 4 is 69.7 Å². The van der Waals surface area contributed by atoms with Crippen LogP contribution in [0.2, 0.25) is 20.1 Å². The van der Waals surface area contributed by atoms with E-state index in [1.165, 1.54) is 16.7 Å². The molecule has 308 valence electrons. The maximum absolute atomic E-state index is 6.04. The van der Waals surface area contributed by atoms with Gasteiger partial charge in [-0.3, -0.25) is 20.0 Å². The first-order valence-corrected chi connectivity index (χ1v) is 20.9. The third kappa shape index (κ3) is 13.5. The fraction of sp³-hybridized carbons (Fsp3) is 0.364. The van der Waals surface area contributed by atoms with E-state index in [1.54, 1.807) is 14.2 Å². The lowest BCUT2D eigenvalue weighted by Crippen LogP contribution is -2.21. The van der Waals surface area contributed by atoms with Crippen molar-refractivity contribution in [2.45, 2.75) is 39.5 Å². The highest BCUT2D eigenvalue weighted by molar-refractivity contribution is 6.42. The fourth-order valence-corrected chi connectivity index (χ4v) is 7.39. The molecule has 8 rings (SSSR count). The summed E-state index contributed by atoms with van der Waals surface area (Å²) in [5, 5.41) is 15.6. The number of hydrogen-bond donors (Lipinski definition) is 4. The number of aryl methyl sites for hydroxylation is 2. The minimum atomic E-state index is 0.594. The molecule has 0 radical (unpaired) electrons. The predicted octanol–water partition coefficient (Wildman–Crippen LogP) is 8.17. The van der Waals surface area contributed by atoms with Gasteiger partial charge in [0.05, 0.1) is 50.4 Å². The Morgan fingerprint density at radius 3 is 1.47 bits per heavy atom. The normalized spacial score (nSPS) is 14.9. The molecule has 0 saturated carbocycles. The minimum absolute atomic E-state index is 0.594. The van der Waals surface area contributed by atoms with Gasteiger partial charge in [-0.05, 0) is 72.0 Å². The summed E-state index contributed by atoms with van der Waals surface area (Å²) in [6.45, 7) is 11.6. The Balaban J connectivity index is 0.000000148. The van der Waals surface area contributed by atoms with Gasteiger partial charge in [-0.15, -0.1) is 0 Å². The monoisotopic (exact) mass is 864 g/mol. The zero-order chi connectivity index (χ0) is 41.3. The van der Waals surface area contributed by atoms with Gasteiger partial charge < -0.3 is 30.7 Å². The molecule has 0 aromatic heterocycles. The Bertz CT molecular complexity index is 2010. The Hall–Kier alpha value is -4.48. The van der Waals surface area contributed by atoms with Crippen LogP contribution in [-0.4, -0.2) is 89.9 Å². The van der Waals surface area contributed by atoms with E-state index in [2.05, 4.69) is 73.3 Å². The highest BCUT2D eigenvalue weighted by Gasteiger charge is 2.14. The Labute approximate surface area is 362 Å². The molecule has 4 aliphatic heterocycles. The van der Waals surface area contributed by atoms with Crippen molar-refractivity contribution in [2.24, 2.45) is 20.0 Å². The molecule has 4 N–H and O–H groups in total. The average Bonchev–Trinajstić information content (AvgIpc) is 4.08. The van der Waals surface area contributed by atoms with Gasteiger partial charge in [-0.2, -0.15) is 0 Å². The predicted molar refractivity (Wildman–Crippen MR) is 244 cm³/mol. The molecule has 0 atom stereocenters. The fourth-order valence-electron chi connectivity index (χ4n) is 6.54. The van der Waals surface area contributed by atoms with Crippen LogP contribution in [0.5, 0.6) is 11.5 Å².